The van der Waals surface area contributed by atoms with Gasteiger partial charge in [0, 0.05) is 51.2 Å². The molecule has 1 saturated carbocycles. The number of nitrogens with zero attached hydrogens (tertiary/aromatic N) is 2. The van der Waals surface area contributed by atoms with Gasteiger partial charge in [-0.3, -0.25) is 14.7 Å². The third kappa shape index (κ3) is 3.94. The topological polar surface area (TPSA) is 54.5 Å². The maximum atomic E-state index is 12.9. The van der Waals surface area contributed by atoms with Gasteiger partial charge in [0.05, 0.1) is 0 Å². The Kier molecular flexibility index (Phi) is 5.55. The van der Waals surface area contributed by atoms with E-state index in [2.05, 4.69) is 27.3 Å². The Morgan fingerprint density at radius 2 is 2.04 bits per heavy atom. The normalized spacial score (nSPS) is 30.1. The summed E-state index contributed by atoms with van der Waals surface area (Å²) < 4.78 is 5.42. The van der Waals surface area contributed by atoms with Gasteiger partial charge in [-0.2, -0.15) is 0 Å². The summed E-state index contributed by atoms with van der Waals surface area (Å²) in [6.45, 7) is 5.66. The zero-order chi connectivity index (χ0) is 17.8. The largest absolute Gasteiger partial charge is 0.381 e. The Morgan fingerprint density at radius 3 is 2.85 bits per heavy atom. The summed E-state index contributed by atoms with van der Waals surface area (Å²) in [6, 6.07) is 4.19. The zero-order valence-corrected chi connectivity index (χ0v) is 15.7. The fraction of sp³-hybridized carbons (Fsp3) is 0.714. The van der Waals surface area contributed by atoms with Gasteiger partial charge in [0.15, 0.2) is 0 Å². The second-order valence-corrected chi connectivity index (χ2v) is 8.42. The molecule has 2 saturated heterocycles. The molecule has 2 unspecified atom stereocenters. The number of ether oxygens (including phenoxy) is 1. The predicted octanol–water partition coefficient (Wildman–Crippen LogP) is 2.62. The predicted molar refractivity (Wildman–Crippen MR) is 100 cm³/mol. The van der Waals surface area contributed by atoms with Gasteiger partial charge in [0.1, 0.15) is 0 Å². The van der Waals surface area contributed by atoms with Gasteiger partial charge >= 0.3 is 0 Å². The highest BCUT2D eigenvalue weighted by Gasteiger charge is 2.50. The van der Waals surface area contributed by atoms with Crippen LogP contribution >= 0.6 is 0 Å². The summed E-state index contributed by atoms with van der Waals surface area (Å²) in [4.78, 5) is 19.6. The Balaban J connectivity index is 1.33. The minimum absolute atomic E-state index is 0.199. The van der Waals surface area contributed by atoms with E-state index in [-0.39, 0.29) is 11.3 Å². The molecule has 142 valence electrons. The number of carbonyl (C=O) groups is 1. The van der Waals surface area contributed by atoms with Crippen LogP contribution in [0.5, 0.6) is 0 Å². The van der Waals surface area contributed by atoms with Crippen molar-refractivity contribution in [3.8, 4) is 0 Å². The van der Waals surface area contributed by atoms with Crippen molar-refractivity contribution < 1.29 is 9.53 Å². The first kappa shape index (κ1) is 17.9. The van der Waals surface area contributed by atoms with Crippen molar-refractivity contribution in [1.82, 2.24) is 15.2 Å². The smallest absolute Gasteiger partial charge is 0.223 e. The molecule has 0 radical (unpaired) electrons. The summed E-state index contributed by atoms with van der Waals surface area (Å²) in [7, 11) is 0. The number of rotatable bonds is 5. The van der Waals surface area contributed by atoms with Gasteiger partial charge in [-0.25, -0.2) is 0 Å². The molecule has 0 bridgehead atoms. The fourth-order valence-corrected chi connectivity index (χ4v) is 5.22. The molecule has 1 aromatic heterocycles. The Bertz CT molecular complexity index is 603. The summed E-state index contributed by atoms with van der Waals surface area (Å²) in [5, 5.41) is 3.29. The molecule has 3 fully saturated rings. The second-order valence-electron chi connectivity index (χ2n) is 8.42. The first-order valence-corrected chi connectivity index (χ1v) is 10.2. The number of pyridine rings is 1. The van der Waals surface area contributed by atoms with Gasteiger partial charge in [-0.15, -0.1) is 0 Å². The van der Waals surface area contributed by atoms with Crippen LogP contribution in [0.3, 0.4) is 0 Å². The van der Waals surface area contributed by atoms with Crippen LogP contribution in [0.15, 0.2) is 24.5 Å². The molecular formula is C21H31N3O2. The number of hydrogen-bond acceptors (Lipinski definition) is 4. The van der Waals surface area contributed by atoms with Crippen molar-refractivity contribution in [2.75, 3.05) is 32.8 Å². The van der Waals surface area contributed by atoms with Gasteiger partial charge in [-0.05, 0) is 67.7 Å². The summed E-state index contributed by atoms with van der Waals surface area (Å²) in [5.74, 6) is 1.10. The Labute approximate surface area is 156 Å². The molecule has 2 aliphatic heterocycles. The van der Waals surface area contributed by atoms with Gasteiger partial charge in [-0.1, -0.05) is 6.42 Å². The molecule has 5 nitrogen and oxygen atoms in total. The molecule has 4 rings (SSSR count). The van der Waals surface area contributed by atoms with E-state index in [4.69, 9.17) is 4.74 Å². The number of nitrogens with one attached hydrogen (secondary N) is 1. The highest BCUT2D eigenvalue weighted by Crippen LogP contribution is 2.50. The van der Waals surface area contributed by atoms with Crippen molar-refractivity contribution in [1.29, 1.82) is 0 Å². The third-order valence-electron chi connectivity index (χ3n) is 6.75. The molecule has 0 aromatic carbocycles. The number of aromatic nitrogens is 1. The fourth-order valence-electron chi connectivity index (χ4n) is 5.22. The van der Waals surface area contributed by atoms with Crippen molar-refractivity contribution in [2.24, 2.45) is 17.3 Å². The first-order valence-electron chi connectivity index (χ1n) is 10.2. The van der Waals surface area contributed by atoms with Crippen molar-refractivity contribution in [2.45, 2.75) is 45.1 Å². The lowest BCUT2D eigenvalue weighted by molar-refractivity contribution is -0.128. The van der Waals surface area contributed by atoms with E-state index in [1.165, 1.54) is 18.4 Å². The maximum Gasteiger partial charge on any atom is 0.223 e. The van der Waals surface area contributed by atoms with Crippen molar-refractivity contribution in [3.63, 3.8) is 0 Å². The average Bonchev–Trinajstić information content (AvgIpc) is 3.28. The number of hydrogen-bond donors (Lipinski definition) is 1. The highest BCUT2D eigenvalue weighted by atomic mass is 16.5. The Hall–Kier alpha value is -1.46. The van der Waals surface area contributed by atoms with Crippen LogP contribution in [0.2, 0.25) is 0 Å². The van der Waals surface area contributed by atoms with Crippen LogP contribution < -0.4 is 5.32 Å². The number of amides is 1. The van der Waals surface area contributed by atoms with Crippen LogP contribution in [0.1, 0.15) is 44.1 Å². The number of carbonyl (C=O) groups excluding carboxylic acids is 1. The monoisotopic (exact) mass is 357 g/mol. The molecule has 5 heteroatoms. The van der Waals surface area contributed by atoms with E-state index in [1.807, 2.05) is 12.4 Å². The van der Waals surface area contributed by atoms with Crippen LogP contribution in [0.4, 0.5) is 0 Å². The van der Waals surface area contributed by atoms with Gasteiger partial charge < -0.3 is 10.1 Å². The van der Waals surface area contributed by atoms with Crippen LogP contribution in [0.25, 0.3) is 0 Å². The molecule has 1 spiro atoms. The van der Waals surface area contributed by atoms with Crippen LogP contribution in [-0.4, -0.2) is 48.6 Å². The molecule has 1 aliphatic carbocycles. The average molecular weight is 357 g/mol. The highest BCUT2D eigenvalue weighted by molar-refractivity contribution is 5.80. The van der Waals surface area contributed by atoms with E-state index < -0.39 is 0 Å². The lowest BCUT2D eigenvalue weighted by Crippen LogP contribution is -2.42. The lowest BCUT2D eigenvalue weighted by atomic mass is 9.76. The third-order valence-corrected chi connectivity index (χ3v) is 6.75. The standard InChI is InChI=1S/C21H31N3O2/c25-20(23-14-17-5-12-26-13-6-17)19-2-1-7-21(19)8-11-24(16-21)15-18-3-9-22-10-4-18/h3-4,9-10,17,19H,1-2,5-8,11-16H2,(H,23,25). The van der Waals surface area contributed by atoms with Crippen LogP contribution in [0, 0.1) is 17.3 Å². The minimum atomic E-state index is 0.199. The number of likely N-dealkylation sites (tertiary alicyclic amines) is 1. The minimum Gasteiger partial charge on any atom is -0.381 e. The molecule has 1 amide bonds. The van der Waals surface area contributed by atoms with E-state index in [0.29, 0.717) is 11.8 Å². The summed E-state index contributed by atoms with van der Waals surface area (Å²) in [5.41, 5.74) is 1.52. The van der Waals surface area contributed by atoms with Gasteiger partial charge in [0.25, 0.3) is 0 Å². The second kappa shape index (κ2) is 8.05. The van der Waals surface area contributed by atoms with Gasteiger partial charge in [0.2, 0.25) is 5.91 Å². The molecule has 1 aromatic rings. The lowest BCUT2D eigenvalue weighted by Gasteiger charge is -2.31. The summed E-state index contributed by atoms with van der Waals surface area (Å²) in [6.07, 6.45) is 10.5. The zero-order valence-electron chi connectivity index (χ0n) is 15.7. The van der Waals surface area contributed by atoms with E-state index in [0.717, 1.165) is 65.1 Å². The van der Waals surface area contributed by atoms with E-state index >= 15 is 0 Å². The molecule has 3 aliphatic rings. The molecule has 2 atom stereocenters. The van der Waals surface area contributed by atoms with Crippen molar-refractivity contribution in [3.05, 3.63) is 30.1 Å². The SMILES string of the molecule is O=C(NCC1CCOCC1)C1CCCC12CCN(Cc1ccncc1)C2. The Morgan fingerprint density at radius 1 is 1.23 bits per heavy atom. The molecule has 1 N–H and O–H groups in total. The first-order chi connectivity index (χ1) is 12.8. The van der Waals surface area contributed by atoms with Crippen molar-refractivity contribution >= 4 is 5.91 Å². The molecule has 26 heavy (non-hydrogen) atoms. The molecular weight excluding hydrogens is 326 g/mol. The maximum absolute atomic E-state index is 12.9. The van der Waals surface area contributed by atoms with Crippen LogP contribution in [-0.2, 0) is 16.1 Å². The van der Waals surface area contributed by atoms with E-state index in [9.17, 15) is 4.79 Å². The molecule has 3 heterocycles. The quantitative estimate of drug-likeness (QED) is 0.880. The summed E-state index contributed by atoms with van der Waals surface area (Å²) >= 11 is 0. The van der Waals surface area contributed by atoms with E-state index in [1.54, 1.807) is 0 Å².